The molecule has 0 amide bonds. The molecule has 0 saturated carbocycles. The Morgan fingerprint density at radius 2 is 1.67 bits per heavy atom. The van der Waals surface area contributed by atoms with Crippen LogP contribution in [-0.4, -0.2) is 88.9 Å². The second kappa shape index (κ2) is 17.2. The van der Waals surface area contributed by atoms with Gasteiger partial charge in [-0.1, -0.05) is 57.6 Å². The van der Waals surface area contributed by atoms with Crippen LogP contribution in [0.4, 0.5) is 0 Å². The standard InChI is InChI=1S/C24H44N2O6S/c1-2-3-4-5-6-7-8-9-10-11-12-13-14-15-23(29)24-25(18-19-27)16-17-26(24)20-22(28)21-33(30,31)32/h6-7,22,27-28H,2-5,8-21H2,1H3/p+1/b7-6+. The predicted molar refractivity (Wildman–Crippen MR) is 131 cm³/mol. The lowest BCUT2D eigenvalue weighted by molar-refractivity contribution is -0.525. The second-order valence-electron chi connectivity index (χ2n) is 8.93. The molecule has 1 aliphatic heterocycles. The van der Waals surface area contributed by atoms with Gasteiger partial charge < -0.3 is 10.2 Å². The highest BCUT2D eigenvalue weighted by molar-refractivity contribution is 7.85. The number of hydrogen-bond acceptors (Lipinski definition) is 6. The van der Waals surface area contributed by atoms with Crippen molar-refractivity contribution in [1.82, 2.24) is 4.90 Å². The SMILES string of the molecule is CCCCC/C=C/CCCCCCCCC(=O)C1=[N+](CC(O)CS(=O)(=O)O)CCN1CCO. The summed E-state index contributed by atoms with van der Waals surface area (Å²) in [6.45, 7) is 3.40. The van der Waals surface area contributed by atoms with Gasteiger partial charge in [-0.3, -0.25) is 18.8 Å². The molecule has 1 atom stereocenters. The number of allylic oxidation sites excluding steroid dienone is 2. The zero-order chi connectivity index (χ0) is 24.5. The van der Waals surface area contributed by atoms with E-state index in [0.29, 0.717) is 31.9 Å². The number of β-amino-alcohol motifs (C(OH)–C–C–N with tert-alkyl or cyclic N) is 2. The number of Topliss-reactive ketones (excluding diaryl/α,β-unsaturated/α-hetero) is 1. The van der Waals surface area contributed by atoms with Gasteiger partial charge >= 0.3 is 5.84 Å². The number of nitrogens with zero attached hydrogens (tertiary/aromatic N) is 2. The summed E-state index contributed by atoms with van der Waals surface area (Å²) < 4.78 is 32.6. The van der Waals surface area contributed by atoms with Crippen molar-refractivity contribution < 1.29 is 32.6 Å². The highest BCUT2D eigenvalue weighted by atomic mass is 32.2. The smallest absolute Gasteiger partial charge is 0.316 e. The monoisotopic (exact) mass is 489 g/mol. The van der Waals surface area contributed by atoms with Crippen molar-refractivity contribution in [3.63, 3.8) is 0 Å². The van der Waals surface area contributed by atoms with Crippen molar-refractivity contribution in [2.75, 3.05) is 38.5 Å². The van der Waals surface area contributed by atoms with E-state index in [1.807, 2.05) is 0 Å². The van der Waals surface area contributed by atoms with Gasteiger partial charge in [-0.25, -0.2) is 0 Å². The maximum atomic E-state index is 12.9. The molecule has 8 nitrogen and oxygen atoms in total. The van der Waals surface area contributed by atoms with E-state index in [1.165, 1.54) is 44.9 Å². The van der Waals surface area contributed by atoms with Crippen LogP contribution in [0, 0.1) is 0 Å². The summed E-state index contributed by atoms with van der Waals surface area (Å²) in [5, 5.41) is 19.3. The highest BCUT2D eigenvalue weighted by Crippen LogP contribution is 2.12. The zero-order valence-corrected chi connectivity index (χ0v) is 21.1. The molecule has 192 valence electrons. The lowest BCUT2D eigenvalue weighted by atomic mass is 10.1. The summed E-state index contributed by atoms with van der Waals surface area (Å²) in [5.74, 6) is -0.378. The second-order valence-corrected chi connectivity index (χ2v) is 10.4. The quantitative estimate of drug-likeness (QED) is 0.104. The normalized spacial score (nSPS) is 15.7. The molecule has 1 unspecified atom stereocenters. The van der Waals surface area contributed by atoms with Crippen LogP contribution in [0.1, 0.15) is 84.0 Å². The molecule has 0 aromatic carbocycles. The van der Waals surface area contributed by atoms with Crippen LogP contribution in [0.5, 0.6) is 0 Å². The molecule has 3 N–H and O–H groups in total. The van der Waals surface area contributed by atoms with Crippen LogP contribution in [0.2, 0.25) is 0 Å². The van der Waals surface area contributed by atoms with Crippen LogP contribution >= 0.6 is 0 Å². The Hall–Kier alpha value is -1.29. The van der Waals surface area contributed by atoms with Gasteiger partial charge in [0.2, 0.25) is 5.78 Å². The third-order valence-corrected chi connectivity index (χ3v) is 6.66. The predicted octanol–water partition coefficient (Wildman–Crippen LogP) is 2.78. The van der Waals surface area contributed by atoms with E-state index in [-0.39, 0.29) is 18.9 Å². The van der Waals surface area contributed by atoms with Crippen molar-refractivity contribution >= 4 is 21.7 Å². The molecule has 0 fully saturated rings. The fourth-order valence-electron chi connectivity index (χ4n) is 4.19. The lowest BCUT2D eigenvalue weighted by Gasteiger charge is -2.13. The van der Waals surface area contributed by atoms with Gasteiger partial charge in [0.1, 0.15) is 38.0 Å². The number of hydrogen-bond donors (Lipinski definition) is 3. The topological polar surface area (TPSA) is 118 Å². The minimum absolute atomic E-state index is 0.0458. The van der Waals surface area contributed by atoms with Crippen molar-refractivity contribution in [2.45, 2.75) is 90.1 Å². The molecule has 33 heavy (non-hydrogen) atoms. The molecule has 9 heteroatoms. The molecule has 1 rings (SSSR count). The van der Waals surface area contributed by atoms with Crippen molar-refractivity contribution in [3.05, 3.63) is 12.2 Å². The minimum Gasteiger partial charge on any atom is -0.392 e. The summed E-state index contributed by atoms with van der Waals surface area (Å²) in [6.07, 6.45) is 16.3. The van der Waals surface area contributed by atoms with Crippen molar-refractivity contribution in [3.8, 4) is 0 Å². The van der Waals surface area contributed by atoms with Gasteiger partial charge in [-0.05, 0) is 32.1 Å². The molecular formula is C24H45N2O6S+. The molecule has 1 heterocycles. The van der Waals surface area contributed by atoms with Gasteiger partial charge in [-0.2, -0.15) is 8.42 Å². The summed E-state index contributed by atoms with van der Waals surface area (Å²) in [5.41, 5.74) is 0. The fraction of sp³-hybridized carbons (Fsp3) is 0.833. The Balaban J connectivity index is 2.34. The Labute approximate surface area is 200 Å². The first kappa shape index (κ1) is 29.7. The van der Waals surface area contributed by atoms with Crippen LogP contribution in [0.3, 0.4) is 0 Å². The molecule has 0 aromatic rings. The Morgan fingerprint density at radius 3 is 2.27 bits per heavy atom. The molecule has 0 saturated heterocycles. The van der Waals surface area contributed by atoms with Gasteiger partial charge in [0.15, 0.2) is 0 Å². The molecule has 0 aromatic heterocycles. The first-order chi connectivity index (χ1) is 15.8. The maximum absolute atomic E-state index is 12.9. The first-order valence-corrected chi connectivity index (χ1v) is 14.2. The number of amidine groups is 1. The Morgan fingerprint density at radius 1 is 1.06 bits per heavy atom. The number of aliphatic hydroxyl groups excluding tert-OH is 2. The van der Waals surface area contributed by atoms with E-state index in [9.17, 15) is 23.4 Å². The number of rotatable bonds is 20. The van der Waals surface area contributed by atoms with Crippen molar-refractivity contribution in [1.29, 1.82) is 0 Å². The van der Waals surface area contributed by atoms with Gasteiger partial charge in [0, 0.05) is 6.42 Å². The highest BCUT2D eigenvalue weighted by Gasteiger charge is 2.36. The maximum Gasteiger partial charge on any atom is 0.316 e. The molecular weight excluding hydrogens is 444 g/mol. The first-order valence-electron chi connectivity index (χ1n) is 12.6. The largest absolute Gasteiger partial charge is 0.392 e. The van der Waals surface area contributed by atoms with E-state index < -0.39 is 22.0 Å². The number of ketones is 1. The average molecular weight is 490 g/mol. The minimum atomic E-state index is -4.29. The number of carbonyl (C=O) groups excluding carboxylic acids is 1. The van der Waals surface area contributed by atoms with Crippen LogP contribution < -0.4 is 0 Å². The Kier molecular flexibility index (Phi) is 15.5. The van der Waals surface area contributed by atoms with Gasteiger partial charge in [0.25, 0.3) is 10.1 Å². The van der Waals surface area contributed by atoms with E-state index >= 15 is 0 Å². The van der Waals surface area contributed by atoms with E-state index in [1.54, 1.807) is 9.48 Å². The van der Waals surface area contributed by atoms with Crippen LogP contribution in [-0.2, 0) is 14.9 Å². The number of aliphatic hydroxyl groups is 2. The summed E-state index contributed by atoms with van der Waals surface area (Å²) in [6, 6.07) is 0. The third kappa shape index (κ3) is 13.9. The molecule has 1 aliphatic rings. The number of carbonyl (C=O) groups is 1. The summed E-state index contributed by atoms with van der Waals surface area (Å²) in [7, 11) is -4.29. The van der Waals surface area contributed by atoms with Gasteiger partial charge in [-0.15, -0.1) is 0 Å². The lowest BCUT2D eigenvalue weighted by Crippen LogP contribution is -2.40. The zero-order valence-electron chi connectivity index (χ0n) is 20.3. The van der Waals surface area contributed by atoms with E-state index in [2.05, 4.69) is 19.1 Å². The summed E-state index contributed by atoms with van der Waals surface area (Å²) >= 11 is 0. The molecule has 0 radical (unpaired) electrons. The molecule has 0 aliphatic carbocycles. The average Bonchev–Trinajstić information content (AvgIpc) is 3.12. The fourth-order valence-corrected chi connectivity index (χ4v) is 4.78. The molecule has 0 bridgehead atoms. The van der Waals surface area contributed by atoms with Crippen molar-refractivity contribution in [2.24, 2.45) is 0 Å². The summed E-state index contributed by atoms with van der Waals surface area (Å²) in [4.78, 5) is 14.6. The molecule has 0 spiro atoms. The van der Waals surface area contributed by atoms with Crippen LogP contribution in [0.15, 0.2) is 12.2 Å². The van der Waals surface area contributed by atoms with Crippen LogP contribution in [0.25, 0.3) is 0 Å². The Bertz CT molecular complexity index is 720. The van der Waals surface area contributed by atoms with E-state index in [0.717, 1.165) is 25.7 Å². The van der Waals surface area contributed by atoms with E-state index in [4.69, 9.17) is 4.55 Å². The number of unbranched alkanes of at least 4 members (excludes halogenated alkanes) is 9. The van der Waals surface area contributed by atoms with Gasteiger partial charge in [0.05, 0.1) is 6.61 Å². The third-order valence-electron chi connectivity index (χ3n) is 5.86.